The number of hydrogen-bond donors (Lipinski definition) is 1. The number of ether oxygens (including phenoxy) is 1. The molecule has 0 aliphatic heterocycles. The molecule has 0 aromatic rings. The number of unbranched alkanes of at least 4 members (excludes halogenated alkanes) is 10. The van der Waals surface area contributed by atoms with Gasteiger partial charge in [-0.25, -0.2) is 0 Å². The average molecular weight is 517 g/mol. The number of aliphatic hydroxyl groups excluding tert-OH is 1. The van der Waals surface area contributed by atoms with Gasteiger partial charge in [0.15, 0.2) is 0 Å². The van der Waals surface area contributed by atoms with Crippen molar-refractivity contribution in [2.45, 2.75) is 154 Å². The first-order valence-corrected chi connectivity index (χ1v) is 14.4. The molecule has 0 amide bonds. The third kappa shape index (κ3) is 13.3. The largest absolute Gasteiger partial charge is 0.463 e. The minimum Gasteiger partial charge on any atom is -0.463 e. The van der Waals surface area contributed by atoms with Gasteiger partial charge in [0, 0.05) is 31.6 Å². The highest BCUT2D eigenvalue weighted by atomic mass is 19.3. The van der Waals surface area contributed by atoms with Crippen LogP contribution in [0.2, 0.25) is 0 Å². The quantitative estimate of drug-likeness (QED) is 0.127. The van der Waals surface area contributed by atoms with Crippen molar-refractivity contribution in [3.05, 3.63) is 0 Å². The van der Waals surface area contributed by atoms with Crippen LogP contribution in [0.1, 0.15) is 136 Å². The number of rotatable bonds is 21. The summed E-state index contributed by atoms with van der Waals surface area (Å²) in [7, 11) is 0. The molecule has 0 unspecified atom stereocenters. The smallest absolute Gasteiger partial charge is 0.306 e. The Kier molecular flexibility index (Phi) is 16.3. The lowest BCUT2D eigenvalue weighted by atomic mass is 9.85. The number of Topliss-reactive ketones (excluding diaryl/α,β-unsaturated/α-hetero) is 2. The summed E-state index contributed by atoms with van der Waals surface area (Å²) in [5.74, 6) is -5.29. The van der Waals surface area contributed by atoms with E-state index in [1.807, 2.05) is 13.8 Å². The standard InChI is InChI=1S/C29H50F2O5/c1-4-5-6-7-12-15-20-29(30,31)27(34)19-18-24-23(25(32)21-26(24)33)16-13-10-8-9-11-14-17-28(35)36-22(2)3/h22-24,26,33H,4-21H2,1-3H3/t23-,24-,26-/m0/s1. The van der Waals surface area contributed by atoms with Gasteiger partial charge in [-0.3, -0.25) is 14.4 Å². The molecular formula is C29H50F2O5. The van der Waals surface area contributed by atoms with Crippen molar-refractivity contribution < 1.29 is 33.0 Å². The topological polar surface area (TPSA) is 80.7 Å². The van der Waals surface area contributed by atoms with E-state index >= 15 is 0 Å². The van der Waals surface area contributed by atoms with Crippen molar-refractivity contribution in [3.8, 4) is 0 Å². The predicted molar refractivity (Wildman–Crippen MR) is 138 cm³/mol. The van der Waals surface area contributed by atoms with Gasteiger partial charge in [0.25, 0.3) is 0 Å². The Balaban J connectivity index is 2.29. The van der Waals surface area contributed by atoms with Crippen LogP contribution in [0.25, 0.3) is 0 Å². The number of carbonyl (C=O) groups is 3. The highest BCUT2D eigenvalue weighted by Gasteiger charge is 2.43. The van der Waals surface area contributed by atoms with Crippen LogP contribution < -0.4 is 0 Å². The van der Waals surface area contributed by atoms with Crippen LogP contribution in [-0.4, -0.2) is 40.8 Å². The molecule has 0 spiro atoms. The fourth-order valence-electron chi connectivity index (χ4n) is 5.19. The first-order valence-electron chi connectivity index (χ1n) is 14.4. The Morgan fingerprint density at radius 1 is 0.917 bits per heavy atom. The summed E-state index contributed by atoms with van der Waals surface area (Å²) in [5, 5.41) is 10.3. The fraction of sp³-hybridized carbons (Fsp3) is 0.897. The van der Waals surface area contributed by atoms with Crippen LogP contribution in [0.3, 0.4) is 0 Å². The zero-order valence-corrected chi connectivity index (χ0v) is 22.9. The number of halogens is 2. The summed E-state index contributed by atoms with van der Waals surface area (Å²) in [6.07, 6.45) is 10.4. The Morgan fingerprint density at radius 3 is 2.14 bits per heavy atom. The molecule has 5 nitrogen and oxygen atoms in total. The number of ketones is 2. The van der Waals surface area contributed by atoms with E-state index in [1.165, 1.54) is 0 Å². The number of alkyl halides is 2. The van der Waals surface area contributed by atoms with Crippen molar-refractivity contribution in [2.75, 3.05) is 0 Å². The summed E-state index contributed by atoms with van der Waals surface area (Å²) in [5.41, 5.74) is 0. The molecule has 36 heavy (non-hydrogen) atoms. The lowest BCUT2D eigenvalue weighted by Gasteiger charge is -2.22. The molecule has 1 N–H and O–H groups in total. The van der Waals surface area contributed by atoms with Crippen LogP contribution in [0.4, 0.5) is 8.78 Å². The van der Waals surface area contributed by atoms with Crippen LogP contribution in [0, 0.1) is 11.8 Å². The molecule has 0 aromatic carbocycles. The van der Waals surface area contributed by atoms with Gasteiger partial charge >= 0.3 is 11.9 Å². The van der Waals surface area contributed by atoms with Crippen molar-refractivity contribution in [3.63, 3.8) is 0 Å². The zero-order chi connectivity index (χ0) is 27.0. The van der Waals surface area contributed by atoms with Crippen molar-refractivity contribution in [1.29, 1.82) is 0 Å². The SMILES string of the molecule is CCCCCCCCC(F)(F)C(=O)CC[C@H]1[C@H](CCCCCCCCC(=O)OC(C)C)C(=O)C[C@@H]1O. The van der Waals surface area contributed by atoms with Crippen LogP contribution >= 0.6 is 0 Å². The van der Waals surface area contributed by atoms with Gasteiger partial charge in [-0.2, -0.15) is 8.78 Å². The minimum absolute atomic E-state index is 0.0116. The Morgan fingerprint density at radius 2 is 1.50 bits per heavy atom. The highest BCUT2D eigenvalue weighted by molar-refractivity contribution is 5.86. The minimum atomic E-state index is -3.32. The lowest BCUT2D eigenvalue weighted by Crippen LogP contribution is -2.30. The fourth-order valence-corrected chi connectivity index (χ4v) is 5.19. The van der Waals surface area contributed by atoms with Gasteiger partial charge in [-0.1, -0.05) is 71.1 Å². The highest BCUT2D eigenvalue weighted by Crippen LogP contribution is 2.37. The van der Waals surface area contributed by atoms with Gasteiger partial charge in [0.2, 0.25) is 5.78 Å². The number of aliphatic hydroxyl groups is 1. The maximum Gasteiger partial charge on any atom is 0.306 e. The summed E-state index contributed by atoms with van der Waals surface area (Å²) < 4.78 is 33.7. The molecule has 0 aromatic heterocycles. The molecule has 0 bridgehead atoms. The van der Waals surface area contributed by atoms with Crippen molar-refractivity contribution in [1.82, 2.24) is 0 Å². The third-order valence-corrected chi connectivity index (χ3v) is 7.31. The maximum atomic E-state index is 14.3. The van der Waals surface area contributed by atoms with E-state index in [4.69, 9.17) is 4.74 Å². The summed E-state index contributed by atoms with van der Waals surface area (Å²) in [6.45, 7) is 5.77. The molecule has 1 aliphatic rings. The molecule has 1 rings (SSSR count). The van der Waals surface area contributed by atoms with Gasteiger partial charge in [-0.05, 0) is 45.4 Å². The molecule has 1 saturated carbocycles. The molecule has 0 heterocycles. The van der Waals surface area contributed by atoms with E-state index in [9.17, 15) is 28.3 Å². The molecule has 3 atom stereocenters. The molecule has 7 heteroatoms. The number of hydrogen-bond acceptors (Lipinski definition) is 5. The van der Waals surface area contributed by atoms with Gasteiger partial charge in [0.05, 0.1) is 12.2 Å². The second-order valence-corrected chi connectivity index (χ2v) is 10.9. The Hall–Kier alpha value is -1.37. The second-order valence-electron chi connectivity index (χ2n) is 10.9. The first kappa shape index (κ1) is 32.7. The Bertz CT molecular complexity index is 650. The van der Waals surface area contributed by atoms with Crippen LogP contribution in [0.15, 0.2) is 0 Å². The van der Waals surface area contributed by atoms with Gasteiger partial charge in [-0.15, -0.1) is 0 Å². The van der Waals surface area contributed by atoms with Crippen molar-refractivity contribution >= 4 is 17.5 Å². The first-order chi connectivity index (χ1) is 17.1. The summed E-state index contributed by atoms with van der Waals surface area (Å²) in [6, 6.07) is 0. The molecular weight excluding hydrogens is 466 g/mol. The monoisotopic (exact) mass is 516 g/mol. The van der Waals surface area contributed by atoms with E-state index < -0.39 is 30.1 Å². The maximum absolute atomic E-state index is 14.3. The van der Waals surface area contributed by atoms with E-state index in [1.54, 1.807) is 0 Å². The summed E-state index contributed by atoms with van der Waals surface area (Å²) >= 11 is 0. The predicted octanol–water partition coefficient (Wildman–Crippen LogP) is 7.36. The van der Waals surface area contributed by atoms with Crippen LogP contribution in [-0.2, 0) is 19.1 Å². The Labute approximate surface area is 217 Å². The van der Waals surface area contributed by atoms with Gasteiger partial charge in [0.1, 0.15) is 5.78 Å². The molecule has 0 saturated heterocycles. The number of carbonyl (C=O) groups excluding carboxylic acids is 3. The molecule has 0 radical (unpaired) electrons. The third-order valence-electron chi connectivity index (χ3n) is 7.31. The average Bonchev–Trinajstić information content (AvgIpc) is 3.07. The van der Waals surface area contributed by atoms with Gasteiger partial charge < -0.3 is 9.84 Å². The van der Waals surface area contributed by atoms with Crippen molar-refractivity contribution in [2.24, 2.45) is 11.8 Å². The molecule has 1 aliphatic carbocycles. The summed E-state index contributed by atoms with van der Waals surface area (Å²) in [4.78, 5) is 36.1. The lowest BCUT2D eigenvalue weighted by molar-refractivity contribution is -0.147. The van der Waals surface area contributed by atoms with E-state index in [0.717, 1.165) is 64.2 Å². The van der Waals surface area contributed by atoms with E-state index in [-0.39, 0.29) is 43.0 Å². The number of esters is 1. The van der Waals surface area contributed by atoms with E-state index in [0.29, 0.717) is 25.7 Å². The second kappa shape index (κ2) is 18.0. The normalized spacial score (nSPS) is 20.3. The molecule has 1 fully saturated rings. The van der Waals surface area contributed by atoms with Crippen LogP contribution in [0.5, 0.6) is 0 Å². The molecule has 210 valence electrons. The zero-order valence-electron chi connectivity index (χ0n) is 22.9. The van der Waals surface area contributed by atoms with E-state index in [2.05, 4.69) is 6.92 Å².